The molecule has 1 aliphatic rings. The Bertz CT molecular complexity index is 337. The third-order valence-corrected chi connectivity index (χ3v) is 4.47. The highest BCUT2D eigenvalue weighted by atomic mass is 32.2. The van der Waals surface area contributed by atoms with E-state index in [-0.39, 0.29) is 6.54 Å². The lowest BCUT2D eigenvalue weighted by atomic mass is 9.78. The molecule has 0 spiro atoms. The van der Waals surface area contributed by atoms with E-state index in [1.54, 1.807) is 4.72 Å². The van der Waals surface area contributed by atoms with Crippen molar-refractivity contribution in [1.29, 1.82) is 0 Å². The van der Waals surface area contributed by atoms with Gasteiger partial charge in [-0.05, 0) is 31.6 Å². The minimum atomic E-state index is -4.60. The minimum absolute atomic E-state index is 0.323. The Balaban J connectivity index is 2.47. The number of hydrogen-bond acceptors (Lipinski definition) is 3. The van der Waals surface area contributed by atoms with Crippen LogP contribution in [0.25, 0.3) is 0 Å². The molecule has 7 heteroatoms. The average Bonchev–Trinajstić information content (AvgIpc) is 2.28. The van der Waals surface area contributed by atoms with Crippen LogP contribution in [0.4, 0.5) is 8.78 Å². The smallest absolute Gasteiger partial charge is 0.350 e. The maximum atomic E-state index is 12.1. The summed E-state index contributed by atoms with van der Waals surface area (Å²) in [7, 11) is -4.60. The molecule has 0 radical (unpaired) electrons. The van der Waals surface area contributed by atoms with Crippen molar-refractivity contribution in [2.75, 3.05) is 6.54 Å². The van der Waals surface area contributed by atoms with Crippen LogP contribution in [0.15, 0.2) is 0 Å². The quantitative estimate of drug-likeness (QED) is 0.795. The molecule has 0 saturated heterocycles. The second-order valence-electron chi connectivity index (χ2n) is 4.70. The summed E-state index contributed by atoms with van der Waals surface area (Å²) < 4.78 is 47.7. The summed E-state index contributed by atoms with van der Waals surface area (Å²) in [4.78, 5) is 0. The highest BCUT2D eigenvalue weighted by molar-refractivity contribution is 7.89. The molecule has 1 rings (SSSR count). The molecule has 2 N–H and O–H groups in total. The zero-order valence-electron chi connectivity index (χ0n) is 9.83. The molecule has 0 aromatic rings. The zero-order chi connectivity index (χ0) is 13.1. The molecule has 1 aliphatic carbocycles. The van der Waals surface area contributed by atoms with Crippen LogP contribution >= 0.6 is 0 Å². The van der Waals surface area contributed by atoms with Crippen LogP contribution in [0.1, 0.15) is 39.0 Å². The third kappa shape index (κ3) is 4.15. The molecule has 0 atom stereocenters. The van der Waals surface area contributed by atoms with E-state index in [1.807, 2.05) is 0 Å². The summed E-state index contributed by atoms with van der Waals surface area (Å²) in [6, 6.07) is 0. The first kappa shape index (κ1) is 14.8. The fourth-order valence-electron chi connectivity index (χ4n) is 2.10. The monoisotopic (exact) mass is 271 g/mol. The maximum absolute atomic E-state index is 12.1. The van der Waals surface area contributed by atoms with Crippen molar-refractivity contribution in [2.45, 2.75) is 50.4 Å². The number of hydrogen-bond donors (Lipinski definition) is 2. The zero-order valence-corrected chi connectivity index (χ0v) is 10.6. The van der Waals surface area contributed by atoms with Gasteiger partial charge in [-0.25, -0.2) is 13.1 Å². The SMILES string of the molecule is CCC1CCC(O)(CNS(=O)(=O)C(F)F)CC1. The van der Waals surface area contributed by atoms with Gasteiger partial charge >= 0.3 is 5.76 Å². The van der Waals surface area contributed by atoms with E-state index in [0.29, 0.717) is 18.8 Å². The topological polar surface area (TPSA) is 66.4 Å². The van der Waals surface area contributed by atoms with Gasteiger partial charge in [0.05, 0.1) is 5.60 Å². The molecule has 4 nitrogen and oxygen atoms in total. The molecule has 0 aromatic heterocycles. The summed E-state index contributed by atoms with van der Waals surface area (Å²) >= 11 is 0. The van der Waals surface area contributed by atoms with Gasteiger partial charge in [0.25, 0.3) is 10.0 Å². The van der Waals surface area contributed by atoms with Crippen molar-refractivity contribution < 1.29 is 22.3 Å². The molecule has 0 bridgehead atoms. The molecule has 0 aliphatic heterocycles. The van der Waals surface area contributed by atoms with Crippen LogP contribution in [0.5, 0.6) is 0 Å². The number of halogens is 2. The van der Waals surface area contributed by atoms with Crippen molar-refractivity contribution in [3.8, 4) is 0 Å². The maximum Gasteiger partial charge on any atom is 0.350 e. The van der Waals surface area contributed by atoms with Crippen molar-refractivity contribution in [1.82, 2.24) is 4.72 Å². The highest BCUT2D eigenvalue weighted by Crippen LogP contribution is 2.33. The van der Waals surface area contributed by atoms with Gasteiger partial charge in [0.1, 0.15) is 0 Å². The first-order valence-electron chi connectivity index (χ1n) is 5.78. The highest BCUT2D eigenvalue weighted by Gasteiger charge is 2.35. The molecule has 1 saturated carbocycles. The summed E-state index contributed by atoms with van der Waals surface area (Å²) in [5, 5.41) is 10.1. The lowest BCUT2D eigenvalue weighted by Crippen LogP contribution is -2.46. The molecule has 102 valence electrons. The van der Waals surface area contributed by atoms with Gasteiger partial charge in [-0.1, -0.05) is 13.3 Å². The fraction of sp³-hybridized carbons (Fsp3) is 1.00. The van der Waals surface area contributed by atoms with Crippen LogP contribution in [-0.2, 0) is 10.0 Å². The standard InChI is InChI=1S/C10H19F2NO3S/c1-2-8-3-5-10(14,6-4-8)7-13-17(15,16)9(11)12/h8-9,13-14H,2-7H2,1H3. The molecule has 0 amide bonds. The lowest BCUT2D eigenvalue weighted by Gasteiger charge is -2.35. The predicted molar refractivity (Wildman–Crippen MR) is 60.1 cm³/mol. The van der Waals surface area contributed by atoms with Crippen LogP contribution < -0.4 is 4.72 Å². The second kappa shape index (κ2) is 5.58. The molecule has 17 heavy (non-hydrogen) atoms. The molecule has 0 unspecified atom stereocenters. The van der Waals surface area contributed by atoms with E-state index in [4.69, 9.17) is 0 Å². The van der Waals surface area contributed by atoms with Crippen LogP contribution in [0, 0.1) is 5.92 Å². The van der Waals surface area contributed by atoms with E-state index >= 15 is 0 Å². The number of nitrogens with one attached hydrogen (secondary N) is 1. The van der Waals surface area contributed by atoms with Gasteiger partial charge in [-0.15, -0.1) is 0 Å². The van der Waals surface area contributed by atoms with Crippen molar-refractivity contribution in [2.24, 2.45) is 5.92 Å². The summed E-state index contributed by atoms with van der Waals surface area (Å²) in [6.07, 6.45) is 3.56. The largest absolute Gasteiger partial charge is 0.389 e. The first-order valence-corrected chi connectivity index (χ1v) is 7.33. The van der Waals surface area contributed by atoms with Crippen LogP contribution in [0.2, 0.25) is 0 Å². The Morgan fingerprint density at radius 1 is 1.41 bits per heavy atom. The van der Waals surface area contributed by atoms with Crippen molar-refractivity contribution in [3.05, 3.63) is 0 Å². The summed E-state index contributed by atoms with van der Waals surface area (Å²) in [6.45, 7) is 1.74. The molecular weight excluding hydrogens is 252 g/mol. The molecular formula is C10H19F2NO3S. The number of sulfonamides is 1. The minimum Gasteiger partial charge on any atom is -0.389 e. The van der Waals surface area contributed by atoms with E-state index in [2.05, 4.69) is 6.92 Å². The van der Waals surface area contributed by atoms with Gasteiger partial charge < -0.3 is 5.11 Å². The van der Waals surface area contributed by atoms with Gasteiger partial charge in [0, 0.05) is 6.54 Å². The summed E-state index contributed by atoms with van der Waals surface area (Å²) in [5.74, 6) is -2.90. The molecule has 0 aromatic carbocycles. The second-order valence-corrected chi connectivity index (χ2v) is 6.44. The molecule has 1 fully saturated rings. The van der Waals surface area contributed by atoms with E-state index in [1.165, 1.54) is 0 Å². The van der Waals surface area contributed by atoms with Gasteiger partial charge in [0.15, 0.2) is 0 Å². The fourth-order valence-corrected chi connectivity index (χ4v) is 2.69. The van der Waals surface area contributed by atoms with Crippen LogP contribution in [-0.4, -0.2) is 31.4 Å². The number of alkyl halides is 2. The Kier molecular flexibility index (Phi) is 4.86. The van der Waals surface area contributed by atoms with E-state index in [9.17, 15) is 22.3 Å². The van der Waals surface area contributed by atoms with Gasteiger partial charge in [0.2, 0.25) is 0 Å². The van der Waals surface area contributed by atoms with Gasteiger partial charge in [-0.2, -0.15) is 8.78 Å². The van der Waals surface area contributed by atoms with Crippen molar-refractivity contribution in [3.63, 3.8) is 0 Å². The third-order valence-electron chi connectivity index (χ3n) is 3.45. The normalized spacial score (nSPS) is 30.8. The predicted octanol–water partition coefficient (Wildman–Crippen LogP) is 1.46. The Labute approximate surface area is 100 Å². The average molecular weight is 271 g/mol. The molecule has 0 heterocycles. The first-order chi connectivity index (χ1) is 7.79. The van der Waals surface area contributed by atoms with E-state index < -0.39 is 21.4 Å². The Hall–Kier alpha value is -0.270. The van der Waals surface area contributed by atoms with Crippen molar-refractivity contribution >= 4 is 10.0 Å². The number of aliphatic hydroxyl groups is 1. The lowest BCUT2D eigenvalue weighted by molar-refractivity contribution is -0.00469. The Morgan fingerprint density at radius 2 is 1.94 bits per heavy atom. The number of rotatable bonds is 5. The van der Waals surface area contributed by atoms with Crippen LogP contribution in [0.3, 0.4) is 0 Å². The Morgan fingerprint density at radius 3 is 2.35 bits per heavy atom. The van der Waals surface area contributed by atoms with E-state index in [0.717, 1.165) is 19.3 Å². The van der Waals surface area contributed by atoms with Gasteiger partial charge in [-0.3, -0.25) is 0 Å². The summed E-state index contributed by atoms with van der Waals surface area (Å²) in [5.41, 5.74) is -1.17.